The van der Waals surface area contributed by atoms with Crippen LogP contribution in [0.5, 0.6) is 0 Å². The van der Waals surface area contributed by atoms with E-state index in [0.717, 1.165) is 6.33 Å². The van der Waals surface area contributed by atoms with Crippen LogP contribution in [0, 0.1) is 5.95 Å². The zero-order chi connectivity index (χ0) is 10.6. The number of hydrogen-bond acceptors (Lipinski definition) is 6. The van der Waals surface area contributed by atoms with E-state index in [1.807, 2.05) is 0 Å². The Balaban J connectivity index is 2.80. The topological polar surface area (TPSA) is 104 Å². The molecule has 0 aromatic carbocycles. The zero-order valence-electron chi connectivity index (χ0n) is 7.31. The predicted molar refractivity (Wildman–Crippen MR) is 48.0 cm³/mol. The van der Waals surface area contributed by atoms with Gasteiger partial charge in [-0.1, -0.05) is 0 Å². The molecule has 1 rings (SSSR count). The Labute approximate surface area is 79.6 Å². The van der Waals surface area contributed by atoms with Crippen LogP contribution in [0.25, 0.3) is 0 Å². The standard InChI is InChI=1S/C7H11FN4O2/c8-6-5(9)7(11-3-10-6)12-4(1-13)2-14/h3-4,13-14H,1-2,9H2,(H,10,11,12). The van der Waals surface area contributed by atoms with E-state index in [0.29, 0.717) is 0 Å². The van der Waals surface area contributed by atoms with E-state index in [4.69, 9.17) is 15.9 Å². The van der Waals surface area contributed by atoms with Crippen molar-refractivity contribution < 1.29 is 14.6 Å². The molecule has 1 aromatic heterocycles. The van der Waals surface area contributed by atoms with Crippen molar-refractivity contribution in [1.29, 1.82) is 0 Å². The van der Waals surface area contributed by atoms with E-state index >= 15 is 0 Å². The van der Waals surface area contributed by atoms with Crippen molar-refractivity contribution in [2.45, 2.75) is 6.04 Å². The van der Waals surface area contributed by atoms with Crippen molar-refractivity contribution in [3.05, 3.63) is 12.3 Å². The summed E-state index contributed by atoms with van der Waals surface area (Å²) in [5.74, 6) is -0.775. The van der Waals surface area contributed by atoms with E-state index in [2.05, 4.69) is 15.3 Å². The maximum atomic E-state index is 12.8. The third-order valence-electron chi connectivity index (χ3n) is 1.62. The normalized spacial score (nSPS) is 10.6. The second kappa shape index (κ2) is 4.68. The van der Waals surface area contributed by atoms with Crippen molar-refractivity contribution in [1.82, 2.24) is 9.97 Å². The number of nitrogen functional groups attached to an aromatic ring is 1. The second-order valence-electron chi connectivity index (χ2n) is 2.63. The van der Waals surface area contributed by atoms with Crippen molar-refractivity contribution >= 4 is 11.5 Å². The SMILES string of the molecule is Nc1c(F)ncnc1NC(CO)CO. The van der Waals surface area contributed by atoms with E-state index in [1.165, 1.54) is 0 Å². The van der Waals surface area contributed by atoms with Crippen LogP contribution in [0.15, 0.2) is 6.33 Å². The Bertz CT molecular complexity index is 306. The maximum absolute atomic E-state index is 12.8. The number of aliphatic hydroxyl groups excluding tert-OH is 2. The lowest BCUT2D eigenvalue weighted by atomic mass is 10.3. The summed E-state index contributed by atoms with van der Waals surface area (Å²) >= 11 is 0. The third-order valence-corrected chi connectivity index (χ3v) is 1.62. The van der Waals surface area contributed by atoms with Crippen LogP contribution in [-0.2, 0) is 0 Å². The average Bonchev–Trinajstić information content (AvgIpc) is 2.20. The van der Waals surface area contributed by atoms with Gasteiger partial charge in [0.2, 0.25) is 5.95 Å². The molecule has 0 aliphatic heterocycles. The van der Waals surface area contributed by atoms with Crippen molar-refractivity contribution in [3.63, 3.8) is 0 Å². The molecule has 0 radical (unpaired) electrons. The Morgan fingerprint density at radius 3 is 2.64 bits per heavy atom. The van der Waals surface area contributed by atoms with Gasteiger partial charge in [-0.15, -0.1) is 0 Å². The summed E-state index contributed by atoms with van der Waals surface area (Å²) in [6.45, 7) is -0.608. The van der Waals surface area contributed by atoms with Gasteiger partial charge in [0.15, 0.2) is 5.82 Å². The number of hydrogen-bond donors (Lipinski definition) is 4. The molecule has 0 fully saturated rings. The largest absolute Gasteiger partial charge is 0.394 e. The molecule has 7 heteroatoms. The van der Waals surface area contributed by atoms with Gasteiger partial charge in [-0.3, -0.25) is 0 Å². The van der Waals surface area contributed by atoms with Gasteiger partial charge in [-0.05, 0) is 0 Å². The fourth-order valence-corrected chi connectivity index (χ4v) is 0.831. The van der Waals surface area contributed by atoms with Crippen LogP contribution in [0.4, 0.5) is 15.9 Å². The number of aromatic nitrogens is 2. The first-order valence-corrected chi connectivity index (χ1v) is 3.93. The molecular formula is C7H11FN4O2. The Morgan fingerprint density at radius 1 is 1.43 bits per heavy atom. The Morgan fingerprint density at radius 2 is 2.07 bits per heavy atom. The first-order valence-electron chi connectivity index (χ1n) is 3.93. The van der Waals surface area contributed by atoms with Crippen LogP contribution in [0.1, 0.15) is 0 Å². The minimum absolute atomic E-state index is 0.0607. The lowest BCUT2D eigenvalue weighted by Crippen LogP contribution is -2.28. The second-order valence-corrected chi connectivity index (χ2v) is 2.63. The first kappa shape index (κ1) is 10.6. The molecule has 0 spiro atoms. The number of nitrogens with one attached hydrogen (secondary N) is 1. The summed E-state index contributed by atoms with van der Waals surface area (Å²) in [7, 11) is 0. The number of nitrogens with two attached hydrogens (primary N) is 1. The molecule has 0 bridgehead atoms. The highest BCUT2D eigenvalue weighted by Crippen LogP contribution is 2.16. The molecule has 14 heavy (non-hydrogen) atoms. The van der Waals surface area contributed by atoms with Gasteiger partial charge in [0.05, 0.1) is 19.3 Å². The van der Waals surface area contributed by atoms with Crippen molar-refractivity contribution in [2.24, 2.45) is 0 Å². The molecule has 1 heterocycles. The lowest BCUT2D eigenvalue weighted by Gasteiger charge is -2.14. The first-order chi connectivity index (χ1) is 6.69. The fourth-order valence-electron chi connectivity index (χ4n) is 0.831. The molecule has 0 amide bonds. The summed E-state index contributed by atoms with van der Waals surface area (Å²) in [6.07, 6.45) is 1.000. The Kier molecular flexibility index (Phi) is 3.55. The molecule has 0 aliphatic rings. The van der Waals surface area contributed by atoms with Crippen LogP contribution >= 0.6 is 0 Å². The van der Waals surface area contributed by atoms with Gasteiger partial charge in [-0.25, -0.2) is 9.97 Å². The van der Waals surface area contributed by atoms with Crippen LogP contribution < -0.4 is 11.1 Å². The predicted octanol–water partition coefficient (Wildman–Crippen LogP) is -1.04. The minimum Gasteiger partial charge on any atom is -0.394 e. The van der Waals surface area contributed by atoms with E-state index in [-0.39, 0.29) is 24.7 Å². The zero-order valence-corrected chi connectivity index (χ0v) is 7.31. The number of nitrogens with zero attached hydrogens (tertiary/aromatic N) is 2. The highest BCUT2D eigenvalue weighted by atomic mass is 19.1. The molecule has 0 saturated heterocycles. The van der Waals surface area contributed by atoms with E-state index in [1.54, 1.807) is 0 Å². The van der Waals surface area contributed by atoms with Gasteiger partial charge in [-0.2, -0.15) is 4.39 Å². The minimum atomic E-state index is -0.836. The van der Waals surface area contributed by atoms with Gasteiger partial charge >= 0.3 is 0 Å². The van der Waals surface area contributed by atoms with Gasteiger partial charge in [0.1, 0.15) is 12.0 Å². The summed E-state index contributed by atoms with van der Waals surface area (Å²) in [4.78, 5) is 6.90. The van der Waals surface area contributed by atoms with E-state index < -0.39 is 12.0 Å². The molecule has 0 atom stereocenters. The summed E-state index contributed by atoms with van der Waals surface area (Å²) in [5, 5.41) is 20.1. The smallest absolute Gasteiger partial charge is 0.241 e. The molecule has 78 valence electrons. The average molecular weight is 202 g/mol. The highest BCUT2D eigenvalue weighted by Gasteiger charge is 2.11. The van der Waals surface area contributed by atoms with Crippen LogP contribution in [-0.4, -0.2) is 39.4 Å². The number of anilines is 2. The van der Waals surface area contributed by atoms with Crippen molar-refractivity contribution in [2.75, 3.05) is 24.3 Å². The van der Waals surface area contributed by atoms with Gasteiger partial charge < -0.3 is 21.3 Å². The quantitative estimate of drug-likeness (QED) is 0.465. The van der Waals surface area contributed by atoms with Gasteiger partial charge in [0, 0.05) is 0 Å². The fraction of sp³-hybridized carbons (Fsp3) is 0.429. The van der Waals surface area contributed by atoms with Crippen LogP contribution in [0.2, 0.25) is 0 Å². The third kappa shape index (κ3) is 2.27. The van der Waals surface area contributed by atoms with Crippen molar-refractivity contribution in [3.8, 4) is 0 Å². The lowest BCUT2D eigenvalue weighted by molar-refractivity contribution is 0.203. The van der Waals surface area contributed by atoms with Gasteiger partial charge in [0.25, 0.3) is 0 Å². The highest BCUT2D eigenvalue weighted by molar-refractivity contribution is 5.60. The van der Waals surface area contributed by atoms with E-state index in [9.17, 15) is 4.39 Å². The molecular weight excluding hydrogens is 191 g/mol. The summed E-state index contributed by atoms with van der Waals surface area (Å²) in [6, 6.07) is -0.619. The molecule has 0 saturated carbocycles. The molecule has 5 N–H and O–H groups in total. The number of rotatable bonds is 4. The summed E-state index contributed by atoms with van der Waals surface area (Å²) < 4.78 is 12.8. The van der Waals surface area contributed by atoms with Crippen LogP contribution in [0.3, 0.4) is 0 Å². The molecule has 0 unspecified atom stereocenters. The number of aliphatic hydroxyl groups is 2. The maximum Gasteiger partial charge on any atom is 0.241 e. The monoisotopic (exact) mass is 202 g/mol. The summed E-state index contributed by atoms with van der Waals surface area (Å²) in [5.41, 5.74) is 5.08. The molecule has 1 aromatic rings. The number of halogens is 1. The Hall–Kier alpha value is -1.47. The molecule has 6 nitrogen and oxygen atoms in total. The molecule has 0 aliphatic carbocycles.